The minimum Gasteiger partial charge on any atom is -0.484 e. The lowest BCUT2D eigenvalue weighted by molar-refractivity contribution is -0.386. The van der Waals surface area contributed by atoms with E-state index in [0.717, 1.165) is 5.56 Å². The first-order valence-corrected chi connectivity index (χ1v) is 7.10. The Balaban J connectivity index is 2.85. The lowest BCUT2D eigenvalue weighted by Gasteiger charge is -2.15. The normalized spacial score (nSPS) is 12.4. The molecule has 0 amide bonds. The molecular formula is C15H24N2O4. The van der Waals surface area contributed by atoms with Crippen molar-refractivity contribution in [3.8, 4) is 5.75 Å². The molecule has 0 aliphatic rings. The zero-order valence-corrected chi connectivity index (χ0v) is 13.1. The Morgan fingerprint density at radius 3 is 2.62 bits per heavy atom. The maximum Gasteiger partial charge on any atom is 0.310 e. The third-order valence-corrected chi connectivity index (χ3v) is 2.99. The van der Waals surface area contributed by atoms with Crippen molar-refractivity contribution < 1.29 is 14.4 Å². The van der Waals surface area contributed by atoms with Gasteiger partial charge in [0.05, 0.1) is 11.0 Å². The highest BCUT2D eigenvalue weighted by molar-refractivity contribution is 5.48. The molecule has 6 nitrogen and oxygen atoms in total. The highest BCUT2D eigenvalue weighted by atomic mass is 16.6. The number of benzene rings is 1. The van der Waals surface area contributed by atoms with E-state index in [1.807, 2.05) is 6.92 Å². The largest absolute Gasteiger partial charge is 0.484 e. The van der Waals surface area contributed by atoms with E-state index in [4.69, 9.17) is 9.47 Å². The van der Waals surface area contributed by atoms with E-state index in [2.05, 4.69) is 19.2 Å². The average Bonchev–Trinajstić information content (AvgIpc) is 2.42. The third-order valence-electron chi connectivity index (χ3n) is 2.99. The topological polar surface area (TPSA) is 73.6 Å². The van der Waals surface area contributed by atoms with Gasteiger partial charge in [-0.2, -0.15) is 0 Å². The van der Waals surface area contributed by atoms with E-state index in [1.165, 1.54) is 6.07 Å². The van der Waals surface area contributed by atoms with Crippen LogP contribution >= 0.6 is 0 Å². The van der Waals surface area contributed by atoms with Gasteiger partial charge in [-0.25, -0.2) is 0 Å². The molecule has 0 aromatic heterocycles. The van der Waals surface area contributed by atoms with Gasteiger partial charge in [0, 0.05) is 38.8 Å². The molecule has 0 radical (unpaired) electrons. The number of hydrogen-bond donors (Lipinski definition) is 1. The number of hydrogen-bond acceptors (Lipinski definition) is 5. The van der Waals surface area contributed by atoms with Crippen molar-refractivity contribution in [2.24, 2.45) is 0 Å². The first kappa shape index (κ1) is 17.4. The molecule has 0 saturated carbocycles. The second-order valence-corrected chi connectivity index (χ2v) is 5.30. The quantitative estimate of drug-likeness (QED) is 0.560. The van der Waals surface area contributed by atoms with Gasteiger partial charge in [-0.1, -0.05) is 19.9 Å². The summed E-state index contributed by atoms with van der Waals surface area (Å²) in [4.78, 5) is 10.7. The maximum absolute atomic E-state index is 11.1. The second kappa shape index (κ2) is 8.59. The molecule has 0 saturated heterocycles. The Hall–Kier alpha value is -1.66. The maximum atomic E-state index is 11.1. The molecule has 1 rings (SSSR count). The standard InChI is InChI=1S/C15H24N2O4/c1-11(2)16-10-13-5-6-14(17(18)19)15(9-13)21-12(3)7-8-20-4/h5-6,9,11-12,16H,7-8,10H2,1-4H3. The zero-order chi connectivity index (χ0) is 15.8. The predicted octanol–water partition coefficient (Wildman–Crippen LogP) is 2.90. The summed E-state index contributed by atoms with van der Waals surface area (Å²) in [6, 6.07) is 5.33. The number of nitro benzene ring substituents is 1. The van der Waals surface area contributed by atoms with Crippen LogP contribution in [0.3, 0.4) is 0 Å². The Morgan fingerprint density at radius 2 is 2.05 bits per heavy atom. The fraction of sp³-hybridized carbons (Fsp3) is 0.600. The number of nitrogens with one attached hydrogen (secondary N) is 1. The van der Waals surface area contributed by atoms with Gasteiger partial charge in [-0.15, -0.1) is 0 Å². The molecule has 6 heteroatoms. The van der Waals surface area contributed by atoms with Gasteiger partial charge in [0.1, 0.15) is 0 Å². The summed E-state index contributed by atoms with van der Waals surface area (Å²) in [5.41, 5.74) is 0.954. The van der Waals surface area contributed by atoms with Gasteiger partial charge in [-0.05, 0) is 18.6 Å². The van der Waals surface area contributed by atoms with Crippen LogP contribution in [0.1, 0.15) is 32.8 Å². The van der Waals surface area contributed by atoms with Crippen LogP contribution in [0.2, 0.25) is 0 Å². The van der Waals surface area contributed by atoms with E-state index in [1.54, 1.807) is 19.2 Å². The first-order chi connectivity index (χ1) is 9.93. The van der Waals surface area contributed by atoms with Gasteiger partial charge >= 0.3 is 5.69 Å². The van der Waals surface area contributed by atoms with E-state index in [-0.39, 0.29) is 11.8 Å². The van der Waals surface area contributed by atoms with Gasteiger partial charge in [0.15, 0.2) is 5.75 Å². The lowest BCUT2D eigenvalue weighted by atomic mass is 10.1. The Kier molecular flexibility index (Phi) is 7.11. The molecular weight excluding hydrogens is 272 g/mol. The van der Waals surface area contributed by atoms with Crippen molar-refractivity contribution >= 4 is 5.69 Å². The second-order valence-electron chi connectivity index (χ2n) is 5.30. The highest BCUT2D eigenvalue weighted by Gasteiger charge is 2.18. The van der Waals surface area contributed by atoms with Crippen molar-refractivity contribution in [1.29, 1.82) is 0 Å². The first-order valence-electron chi connectivity index (χ1n) is 7.10. The number of methoxy groups -OCH3 is 1. The fourth-order valence-corrected chi connectivity index (χ4v) is 1.80. The average molecular weight is 296 g/mol. The SMILES string of the molecule is COCCC(C)Oc1cc(CNC(C)C)ccc1[N+](=O)[O-]. The molecule has 1 aromatic rings. The summed E-state index contributed by atoms with van der Waals surface area (Å²) in [5, 5.41) is 14.4. The minimum absolute atomic E-state index is 0.00689. The number of rotatable bonds is 9. The number of nitrogens with zero attached hydrogens (tertiary/aromatic N) is 1. The van der Waals surface area contributed by atoms with Crippen LogP contribution in [-0.4, -0.2) is 30.8 Å². The number of nitro groups is 1. The van der Waals surface area contributed by atoms with Crippen LogP contribution in [0.15, 0.2) is 18.2 Å². The molecule has 0 fully saturated rings. The zero-order valence-electron chi connectivity index (χ0n) is 13.1. The molecule has 1 aromatic carbocycles. The Labute approximate surface area is 125 Å². The molecule has 0 aliphatic carbocycles. The monoisotopic (exact) mass is 296 g/mol. The summed E-state index contributed by atoms with van der Waals surface area (Å²) in [5.74, 6) is 0.312. The van der Waals surface area contributed by atoms with Crippen molar-refractivity contribution in [2.45, 2.75) is 45.9 Å². The molecule has 0 aliphatic heterocycles. The summed E-state index contributed by atoms with van der Waals surface area (Å²) in [6.07, 6.45) is 0.541. The van der Waals surface area contributed by atoms with Crippen LogP contribution in [0.25, 0.3) is 0 Å². The molecule has 0 spiro atoms. The van der Waals surface area contributed by atoms with Crippen molar-refractivity contribution in [3.63, 3.8) is 0 Å². The Morgan fingerprint density at radius 1 is 1.33 bits per heavy atom. The molecule has 118 valence electrons. The fourth-order valence-electron chi connectivity index (χ4n) is 1.80. The molecule has 21 heavy (non-hydrogen) atoms. The van der Waals surface area contributed by atoms with Crippen LogP contribution in [0.4, 0.5) is 5.69 Å². The highest BCUT2D eigenvalue weighted by Crippen LogP contribution is 2.29. The van der Waals surface area contributed by atoms with Gasteiger partial charge in [0.2, 0.25) is 0 Å². The minimum atomic E-state index is -0.419. The van der Waals surface area contributed by atoms with Crippen molar-refractivity contribution in [3.05, 3.63) is 33.9 Å². The van der Waals surface area contributed by atoms with E-state index >= 15 is 0 Å². The summed E-state index contributed by atoms with van der Waals surface area (Å²) in [7, 11) is 1.62. The summed E-state index contributed by atoms with van der Waals surface area (Å²) >= 11 is 0. The van der Waals surface area contributed by atoms with Crippen molar-refractivity contribution in [1.82, 2.24) is 5.32 Å². The third kappa shape index (κ3) is 6.10. The summed E-state index contributed by atoms with van der Waals surface area (Å²) in [6.45, 7) is 7.19. The van der Waals surface area contributed by atoms with Crippen molar-refractivity contribution in [2.75, 3.05) is 13.7 Å². The molecule has 1 unspecified atom stereocenters. The Bertz CT molecular complexity index is 463. The van der Waals surface area contributed by atoms with Crippen LogP contribution in [0.5, 0.6) is 5.75 Å². The molecule has 0 heterocycles. The molecule has 0 bridgehead atoms. The smallest absolute Gasteiger partial charge is 0.310 e. The van der Waals surface area contributed by atoms with Gasteiger partial charge in [-0.3, -0.25) is 10.1 Å². The van der Waals surface area contributed by atoms with Gasteiger partial charge < -0.3 is 14.8 Å². The van der Waals surface area contributed by atoms with Gasteiger partial charge in [0.25, 0.3) is 0 Å². The van der Waals surface area contributed by atoms with E-state index in [9.17, 15) is 10.1 Å². The number of ether oxygens (including phenoxy) is 2. The molecule has 1 N–H and O–H groups in total. The summed E-state index contributed by atoms with van der Waals surface area (Å²) < 4.78 is 10.7. The van der Waals surface area contributed by atoms with E-state index < -0.39 is 4.92 Å². The van der Waals surface area contributed by atoms with Crippen LogP contribution in [0, 0.1) is 10.1 Å². The molecule has 1 atom stereocenters. The predicted molar refractivity (Wildman–Crippen MR) is 81.7 cm³/mol. The lowest BCUT2D eigenvalue weighted by Crippen LogP contribution is -2.22. The van der Waals surface area contributed by atoms with Crippen LogP contribution < -0.4 is 10.1 Å². The van der Waals surface area contributed by atoms with E-state index in [0.29, 0.717) is 31.4 Å². The van der Waals surface area contributed by atoms with Crippen LogP contribution in [-0.2, 0) is 11.3 Å².